The number of nitrogens with zero attached hydrogens (tertiary/aromatic N) is 2. The van der Waals surface area contributed by atoms with Crippen LogP contribution in [0.3, 0.4) is 0 Å². The number of methoxy groups -OCH3 is 1. The zero-order valence-corrected chi connectivity index (χ0v) is 15.0. The monoisotopic (exact) mass is 353 g/mol. The summed E-state index contributed by atoms with van der Waals surface area (Å²) >= 11 is 0. The zero-order valence-electron chi connectivity index (χ0n) is 15.0. The van der Waals surface area contributed by atoms with Crippen molar-refractivity contribution in [2.24, 2.45) is 0 Å². The van der Waals surface area contributed by atoms with Crippen LogP contribution in [0.1, 0.15) is 0 Å². The molecular formula is C23H19N3O. The molecule has 4 nitrogen and oxygen atoms in total. The highest BCUT2D eigenvalue weighted by Crippen LogP contribution is 2.44. The van der Waals surface area contributed by atoms with Crippen LogP contribution >= 0.6 is 0 Å². The van der Waals surface area contributed by atoms with E-state index in [9.17, 15) is 0 Å². The smallest absolute Gasteiger partial charge is 0.150 e. The van der Waals surface area contributed by atoms with E-state index < -0.39 is 0 Å². The molecule has 0 aliphatic carbocycles. The van der Waals surface area contributed by atoms with Gasteiger partial charge in [-0.1, -0.05) is 66.7 Å². The van der Waals surface area contributed by atoms with Crippen LogP contribution < -0.4 is 10.1 Å². The molecule has 0 spiro atoms. The highest BCUT2D eigenvalue weighted by atomic mass is 16.5. The predicted octanol–water partition coefficient (Wildman–Crippen LogP) is 5.56. The van der Waals surface area contributed by atoms with Gasteiger partial charge in [-0.25, -0.2) is 9.97 Å². The molecule has 1 N–H and O–H groups in total. The first-order valence-electron chi connectivity index (χ1n) is 8.71. The lowest BCUT2D eigenvalue weighted by molar-refractivity contribution is 0.418. The third kappa shape index (κ3) is 3.51. The number of ether oxygens (including phenoxy) is 1. The molecule has 132 valence electrons. The summed E-state index contributed by atoms with van der Waals surface area (Å²) in [5.74, 6) is 1.50. The summed E-state index contributed by atoms with van der Waals surface area (Å²) in [4.78, 5) is 8.22. The largest absolute Gasteiger partial charge is 0.494 e. The molecule has 0 fully saturated rings. The molecule has 0 atom stereocenters. The Hall–Kier alpha value is -3.66. The average Bonchev–Trinajstić information content (AvgIpc) is 2.75. The topological polar surface area (TPSA) is 47.0 Å². The van der Waals surface area contributed by atoms with Crippen molar-refractivity contribution < 1.29 is 4.74 Å². The Morgan fingerprint density at radius 1 is 0.778 bits per heavy atom. The molecular weight excluding hydrogens is 334 g/mol. The van der Waals surface area contributed by atoms with E-state index in [0.29, 0.717) is 0 Å². The van der Waals surface area contributed by atoms with Gasteiger partial charge in [0.25, 0.3) is 0 Å². The van der Waals surface area contributed by atoms with Crippen LogP contribution in [0.4, 0.5) is 11.5 Å². The number of hydrogen-bond donors (Lipinski definition) is 1. The average molecular weight is 353 g/mol. The quantitative estimate of drug-likeness (QED) is 0.510. The third-order valence-electron chi connectivity index (χ3n) is 4.35. The number of nitrogens with one attached hydrogen (secondary N) is 1. The normalized spacial score (nSPS) is 10.4. The Bertz CT molecular complexity index is 1020. The Morgan fingerprint density at radius 3 is 2.11 bits per heavy atom. The van der Waals surface area contributed by atoms with Crippen LogP contribution in [0.15, 0.2) is 91.4 Å². The Kier molecular flexibility index (Phi) is 4.79. The minimum absolute atomic E-state index is 0.717. The van der Waals surface area contributed by atoms with Crippen molar-refractivity contribution in [1.82, 2.24) is 9.97 Å². The van der Waals surface area contributed by atoms with Gasteiger partial charge in [-0.3, -0.25) is 0 Å². The third-order valence-corrected chi connectivity index (χ3v) is 4.35. The summed E-state index contributed by atoms with van der Waals surface area (Å²) in [6.45, 7) is 0. The second-order valence-corrected chi connectivity index (χ2v) is 6.02. The first kappa shape index (κ1) is 16.8. The molecule has 0 bridgehead atoms. The van der Waals surface area contributed by atoms with Gasteiger partial charge in [0, 0.05) is 11.8 Å². The van der Waals surface area contributed by atoms with Crippen LogP contribution in [-0.2, 0) is 0 Å². The van der Waals surface area contributed by atoms with Crippen molar-refractivity contribution in [2.45, 2.75) is 0 Å². The van der Waals surface area contributed by atoms with E-state index in [1.807, 2.05) is 48.5 Å². The highest BCUT2D eigenvalue weighted by molar-refractivity contribution is 5.92. The van der Waals surface area contributed by atoms with Gasteiger partial charge in [0.15, 0.2) is 5.75 Å². The zero-order chi connectivity index (χ0) is 18.5. The fourth-order valence-electron chi connectivity index (χ4n) is 3.15. The first-order chi connectivity index (χ1) is 13.4. The van der Waals surface area contributed by atoms with E-state index in [2.05, 4.69) is 45.6 Å². The highest BCUT2D eigenvalue weighted by Gasteiger charge is 2.17. The van der Waals surface area contributed by atoms with E-state index in [1.165, 1.54) is 6.33 Å². The molecule has 0 unspecified atom stereocenters. The molecule has 0 amide bonds. The van der Waals surface area contributed by atoms with Gasteiger partial charge in [-0.15, -0.1) is 0 Å². The Morgan fingerprint density at radius 2 is 1.48 bits per heavy atom. The van der Waals surface area contributed by atoms with Crippen molar-refractivity contribution in [3.05, 3.63) is 91.4 Å². The van der Waals surface area contributed by atoms with Gasteiger partial charge < -0.3 is 10.1 Å². The van der Waals surface area contributed by atoms with Crippen molar-refractivity contribution >= 4 is 11.5 Å². The first-order valence-corrected chi connectivity index (χ1v) is 8.71. The second kappa shape index (κ2) is 7.70. The van der Waals surface area contributed by atoms with Gasteiger partial charge in [-0.05, 0) is 28.8 Å². The molecule has 4 aromatic rings. The maximum absolute atomic E-state index is 5.86. The molecule has 27 heavy (non-hydrogen) atoms. The van der Waals surface area contributed by atoms with Gasteiger partial charge in [0.2, 0.25) is 0 Å². The van der Waals surface area contributed by atoms with Gasteiger partial charge in [0.05, 0.1) is 12.8 Å². The van der Waals surface area contributed by atoms with Gasteiger partial charge in [-0.2, -0.15) is 0 Å². The molecule has 3 aromatic carbocycles. The fraction of sp³-hybridized carbons (Fsp3) is 0.0435. The van der Waals surface area contributed by atoms with Gasteiger partial charge >= 0.3 is 0 Å². The lowest BCUT2D eigenvalue weighted by Gasteiger charge is -2.19. The lowest BCUT2D eigenvalue weighted by atomic mass is 9.93. The van der Waals surface area contributed by atoms with Crippen molar-refractivity contribution in [3.8, 4) is 28.0 Å². The SMILES string of the molecule is COc1c(Nc2ccncn2)ccc(-c2ccccc2)c1-c1ccccc1. The molecule has 4 rings (SSSR count). The van der Waals surface area contributed by atoms with Gasteiger partial charge in [0.1, 0.15) is 12.1 Å². The van der Waals surface area contributed by atoms with E-state index in [-0.39, 0.29) is 0 Å². The minimum Gasteiger partial charge on any atom is -0.494 e. The summed E-state index contributed by atoms with van der Waals surface area (Å²) in [5, 5.41) is 3.34. The van der Waals surface area contributed by atoms with E-state index >= 15 is 0 Å². The van der Waals surface area contributed by atoms with Crippen LogP contribution in [0.2, 0.25) is 0 Å². The van der Waals surface area contributed by atoms with Crippen LogP contribution in [0.25, 0.3) is 22.3 Å². The fourth-order valence-corrected chi connectivity index (χ4v) is 3.15. The summed E-state index contributed by atoms with van der Waals surface area (Å²) in [6, 6.07) is 26.6. The maximum atomic E-state index is 5.86. The van der Waals surface area contributed by atoms with Crippen LogP contribution in [-0.4, -0.2) is 17.1 Å². The molecule has 1 aromatic heterocycles. The summed E-state index contributed by atoms with van der Waals surface area (Å²) in [7, 11) is 1.70. The summed E-state index contributed by atoms with van der Waals surface area (Å²) in [6.07, 6.45) is 3.23. The molecule has 0 saturated heterocycles. The van der Waals surface area contributed by atoms with E-state index in [0.717, 1.165) is 39.5 Å². The van der Waals surface area contributed by atoms with Crippen LogP contribution in [0.5, 0.6) is 5.75 Å². The summed E-state index contributed by atoms with van der Waals surface area (Å²) < 4.78 is 5.86. The minimum atomic E-state index is 0.717. The number of aromatic nitrogens is 2. The van der Waals surface area contributed by atoms with E-state index in [4.69, 9.17) is 4.74 Å². The lowest BCUT2D eigenvalue weighted by Crippen LogP contribution is -2.00. The van der Waals surface area contributed by atoms with E-state index in [1.54, 1.807) is 13.3 Å². The number of benzene rings is 3. The number of hydrogen-bond acceptors (Lipinski definition) is 4. The molecule has 1 heterocycles. The Balaban J connectivity index is 1.91. The Labute approximate surface area is 158 Å². The molecule has 0 saturated carbocycles. The standard InChI is InChI=1S/C23H19N3O/c1-27-23-20(26-21-14-15-24-16-25-21)13-12-19(17-8-4-2-5-9-17)22(23)18-10-6-3-7-11-18/h2-16H,1H3,(H,24,25,26). The van der Waals surface area contributed by atoms with Crippen molar-refractivity contribution in [3.63, 3.8) is 0 Å². The molecule has 0 aliphatic rings. The number of anilines is 2. The van der Waals surface area contributed by atoms with Crippen molar-refractivity contribution in [2.75, 3.05) is 12.4 Å². The second-order valence-electron chi connectivity index (χ2n) is 6.02. The summed E-state index contributed by atoms with van der Waals surface area (Å²) in [5.41, 5.74) is 5.26. The molecule has 0 radical (unpaired) electrons. The van der Waals surface area contributed by atoms with Crippen LogP contribution in [0, 0.1) is 0 Å². The molecule has 0 aliphatic heterocycles. The number of rotatable bonds is 5. The van der Waals surface area contributed by atoms with Crippen molar-refractivity contribution in [1.29, 1.82) is 0 Å². The maximum Gasteiger partial charge on any atom is 0.150 e. The predicted molar refractivity (Wildman–Crippen MR) is 109 cm³/mol. The molecule has 4 heteroatoms.